The van der Waals surface area contributed by atoms with Crippen molar-refractivity contribution in [1.82, 2.24) is 10.2 Å². The average Bonchev–Trinajstić information content (AvgIpc) is 2.70. The van der Waals surface area contributed by atoms with Crippen molar-refractivity contribution in [2.45, 2.75) is 24.8 Å². The number of aliphatic imine (C=N–C) groups is 1. The van der Waals surface area contributed by atoms with E-state index in [-0.39, 0.29) is 24.0 Å². The maximum Gasteiger partial charge on any atom is 0.194 e. The van der Waals surface area contributed by atoms with Crippen LogP contribution in [0.2, 0.25) is 0 Å². The van der Waals surface area contributed by atoms with Crippen LogP contribution >= 0.6 is 24.0 Å². The van der Waals surface area contributed by atoms with E-state index in [9.17, 15) is 0 Å². The second kappa shape index (κ2) is 5.91. The van der Waals surface area contributed by atoms with Crippen LogP contribution in [-0.2, 0) is 0 Å². The second-order valence-electron chi connectivity index (χ2n) is 5.05. The van der Waals surface area contributed by atoms with E-state index in [1.54, 1.807) is 0 Å². The Morgan fingerprint density at radius 3 is 2.56 bits per heavy atom. The quantitative estimate of drug-likeness (QED) is 0.824. The van der Waals surface area contributed by atoms with Gasteiger partial charge in [0.15, 0.2) is 5.96 Å². The zero-order valence-electron chi connectivity index (χ0n) is 10.7. The molecule has 1 heterocycles. The molecule has 1 fully saturated rings. The molecular formula is C14H20IN3. The normalized spacial score (nSPS) is 26.1. The van der Waals surface area contributed by atoms with Crippen molar-refractivity contribution < 1.29 is 0 Å². The lowest BCUT2D eigenvalue weighted by Gasteiger charge is -2.37. The first-order chi connectivity index (χ1) is 8.33. The van der Waals surface area contributed by atoms with E-state index in [0.717, 1.165) is 25.0 Å². The molecule has 0 radical (unpaired) electrons. The minimum absolute atomic E-state index is 0. The highest BCUT2D eigenvalue weighted by atomic mass is 127. The van der Waals surface area contributed by atoms with Gasteiger partial charge in [0.05, 0.1) is 6.54 Å². The molecular weight excluding hydrogens is 337 g/mol. The number of nitrogens with zero attached hydrogens (tertiary/aromatic N) is 2. The van der Waals surface area contributed by atoms with Crippen molar-refractivity contribution in [3.8, 4) is 0 Å². The van der Waals surface area contributed by atoms with Gasteiger partial charge >= 0.3 is 0 Å². The molecule has 18 heavy (non-hydrogen) atoms. The van der Waals surface area contributed by atoms with E-state index in [4.69, 9.17) is 0 Å². The molecule has 0 aromatic heterocycles. The Balaban J connectivity index is 0.00000120. The number of nitrogens with one attached hydrogen (secondary N) is 1. The van der Waals surface area contributed by atoms with Crippen molar-refractivity contribution in [3.05, 3.63) is 35.9 Å². The Bertz CT molecular complexity index is 412. The van der Waals surface area contributed by atoms with E-state index >= 15 is 0 Å². The highest BCUT2D eigenvalue weighted by Gasteiger charge is 2.31. The molecule has 0 saturated heterocycles. The van der Waals surface area contributed by atoms with E-state index in [2.05, 4.69) is 52.6 Å². The summed E-state index contributed by atoms with van der Waals surface area (Å²) in [7, 11) is 2.10. The van der Waals surface area contributed by atoms with Crippen molar-refractivity contribution >= 4 is 29.9 Å². The first-order valence-electron chi connectivity index (χ1n) is 6.40. The topological polar surface area (TPSA) is 27.6 Å². The molecule has 1 aliphatic heterocycles. The maximum atomic E-state index is 4.47. The van der Waals surface area contributed by atoms with Crippen LogP contribution in [-0.4, -0.2) is 37.0 Å². The fourth-order valence-electron chi connectivity index (χ4n) is 2.60. The Morgan fingerprint density at radius 2 is 1.94 bits per heavy atom. The summed E-state index contributed by atoms with van der Waals surface area (Å²) in [5, 5.41) is 3.54. The third-order valence-electron chi connectivity index (χ3n) is 3.80. The number of benzene rings is 1. The first kappa shape index (κ1) is 13.6. The van der Waals surface area contributed by atoms with Crippen LogP contribution in [0.4, 0.5) is 0 Å². The summed E-state index contributed by atoms with van der Waals surface area (Å²) < 4.78 is 0. The summed E-state index contributed by atoms with van der Waals surface area (Å²) in [6.45, 7) is 1.99. The van der Waals surface area contributed by atoms with Crippen molar-refractivity contribution in [3.63, 3.8) is 0 Å². The lowest BCUT2D eigenvalue weighted by Crippen LogP contribution is -2.47. The van der Waals surface area contributed by atoms with E-state index in [0.29, 0.717) is 6.04 Å². The molecule has 2 aliphatic rings. The summed E-state index contributed by atoms with van der Waals surface area (Å²) >= 11 is 0. The van der Waals surface area contributed by atoms with Crippen LogP contribution in [0.1, 0.15) is 24.3 Å². The molecule has 1 aliphatic carbocycles. The molecule has 0 atom stereocenters. The molecule has 0 bridgehead atoms. The SMILES string of the molecule is CN1CCN=C1NC1CC(c2ccccc2)C1.I. The largest absolute Gasteiger partial charge is 0.353 e. The number of hydrogen-bond donors (Lipinski definition) is 1. The lowest BCUT2D eigenvalue weighted by atomic mass is 9.76. The predicted molar refractivity (Wildman–Crippen MR) is 85.7 cm³/mol. The van der Waals surface area contributed by atoms with Crippen LogP contribution in [0.15, 0.2) is 35.3 Å². The third kappa shape index (κ3) is 2.79. The fourth-order valence-corrected chi connectivity index (χ4v) is 2.60. The van der Waals surface area contributed by atoms with Gasteiger partial charge in [0, 0.05) is 19.6 Å². The van der Waals surface area contributed by atoms with Gasteiger partial charge in [-0.15, -0.1) is 24.0 Å². The standard InChI is InChI=1S/C14H19N3.HI/c1-17-8-7-15-14(17)16-13-9-12(10-13)11-5-3-2-4-6-11;/h2-6,12-13H,7-10H2,1H3,(H,15,16);1H. The molecule has 0 spiro atoms. The van der Waals surface area contributed by atoms with Crippen molar-refractivity contribution in [2.24, 2.45) is 4.99 Å². The van der Waals surface area contributed by atoms with Crippen LogP contribution in [0.25, 0.3) is 0 Å². The third-order valence-corrected chi connectivity index (χ3v) is 3.80. The van der Waals surface area contributed by atoms with Gasteiger partial charge in [-0.1, -0.05) is 30.3 Å². The Labute approximate surface area is 126 Å². The van der Waals surface area contributed by atoms with Gasteiger partial charge in [-0.25, -0.2) is 0 Å². The lowest BCUT2D eigenvalue weighted by molar-refractivity contribution is 0.316. The molecule has 1 aromatic rings. The maximum absolute atomic E-state index is 4.47. The van der Waals surface area contributed by atoms with Crippen molar-refractivity contribution in [2.75, 3.05) is 20.1 Å². The predicted octanol–water partition coefficient (Wildman–Crippen LogP) is 2.44. The van der Waals surface area contributed by atoms with E-state index < -0.39 is 0 Å². The second-order valence-corrected chi connectivity index (χ2v) is 5.05. The molecule has 1 aromatic carbocycles. The molecule has 3 rings (SSSR count). The fraction of sp³-hybridized carbons (Fsp3) is 0.500. The van der Waals surface area contributed by atoms with Gasteiger partial charge < -0.3 is 10.2 Å². The van der Waals surface area contributed by atoms with E-state index in [1.807, 2.05) is 0 Å². The summed E-state index contributed by atoms with van der Waals surface area (Å²) in [5.41, 5.74) is 1.48. The smallest absolute Gasteiger partial charge is 0.194 e. The minimum atomic E-state index is 0. The first-order valence-corrected chi connectivity index (χ1v) is 6.40. The number of halogens is 1. The highest BCUT2D eigenvalue weighted by Crippen LogP contribution is 2.36. The average molecular weight is 357 g/mol. The Morgan fingerprint density at radius 1 is 1.22 bits per heavy atom. The van der Waals surface area contributed by atoms with Gasteiger partial charge in [-0.05, 0) is 24.3 Å². The van der Waals surface area contributed by atoms with Gasteiger partial charge in [-0.3, -0.25) is 4.99 Å². The Hall–Kier alpha value is -0.780. The molecule has 0 unspecified atom stereocenters. The number of rotatable bonds is 2. The number of likely N-dealkylation sites (N-methyl/N-ethyl adjacent to an activating group) is 1. The van der Waals surface area contributed by atoms with Crippen LogP contribution in [0, 0.1) is 0 Å². The van der Waals surface area contributed by atoms with Crippen LogP contribution < -0.4 is 5.32 Å². The summed E-state index contributed by atoms with van der Waals surface area (Å²) in [6.07, 6.45) is 2.47. The van der Waals surface area contributed by atoms with E-state index in [1.165, 1.54) is 18.4 Å². The molecule has 3 nitrogen and oxygen atoms in total. The van der Waals surface area contributed by atoms with Crippen molar-refractivity contribution in [1.29, 1.82) is 0 Å². The van der Waals surface area contributed by atoms with Crippen LogP contribution in [0.5, 0.6) is 0 Å². The molecule has 0 amide bonds. The zero-order chi connectivity index (χ0) is 11.7. The molecule has 98 valence electrons. The van der Waals surface area contributed by atoms with Gasteiger partial charge in [0.2, 0.25) is 0 Å². The number of guanidine groups is 1. The van der Waals surface area contributed by atoms with Gasteiger partial charge in [0.25, 0.3) is 0 Å². The summed E-state index contributed by atoms with van der Waals surface area (Å²) in [4.78, 5) is 6.67. The highest BCUT2D eigenvalue weighted by molar-refractivity contribution is 14.0. The monoisotopic (exact) mass is 357 g/mol. The van der Waals surface area contributed by atoms with Gasteiger partial charge in [-0.2, -0.15) is 0 Å². The van der Waals surface area contributed by atoms with Gasteiger partial charge in [0.1, 0.15) is 0 Å². The molecule has 1 saturated carbocycles. The number of hydrogen-bond acceptors (Lipinski definition) is 3. The molecule has 4 heteroatoms. The summed E-state index contributed by atoms with van der Waals surface area (Å²) in [5.74, 6) is 1.82. The Kier molecular flexibility index (Phi) is 4.48. The molecule has 1 N–H and O–H groups in total. The van der Waals surface area contributed by atoms with Crippen LogP contribution in [0.3, 0.4) is 0 Å². The summed E-state index contributed by atoms with van der Waals surface area (Å²) in [6, 6.07) is 11.4. The zero-order valence-corrected chi connectivity index (χ0v) is 13.0. The minimum Gasteiger partial charge on any atom is -0.353 e.